The van der Waals surface area contributed by atoms with Crippen LogP contribution in [0.1, 0.15) is 5.56 Å². The van der Waals surface area contributed by atoms with Crippen LogP contribution in [0.4, 0.5) is 0 Å². The molecule has 0 aromatic carbocycles. The summed E-state index contributed by atoms with van der Waals surface area (Å²) in [5.74, 6) is 0. The zero-order valence-electron chi connectivity index (χ0n) is 5.71. The predicted octanol–water partition coefficient (Wildman–Crippen LogP) is 1.99. The second kappa shape index (κ2) is 4.00. The van der Waals surface area contributed by atoms with E-state index >= 15 is 0 Å². The third-order valence-electron chi connectivity index (χ3n) is 1.16. The Morgan fingerprint density at radius 3 is 3.10 bits per heavy atom. The zero-order valence-corrected chi connectivity index (χ0v) is 8.34. The third-order valence-corrected chi connectivity index (χ3v) is 2.88. The van der Waals surface area contributed by atoms with Crippen LogP contribution in [0.3, 0.4) is 0 Å². The molecule has 0 N–H and O–H groups in total. The average Bonchev–Trinajstić information content (AvgIpc) is 1.94. The van der Waals surface area contributed by atoms with Crippen LogP contribution < -0.4 is 0 Å². The van der Waals surface area contributed by atoms with E-state index in [9.17, 15) is 0 Å². The molecule has 0 unspecified atom stereocenters. The molecule has 0 atom stereocenters. The molecule has 0 aliphatic carbocycles. The number of halogens is 1. The molecule has 10 heavy (non-hydrogen) atoms. The Morgan fingerprint density at radius 2 is 2.50 bits per heavy atom. The van der Waals surface area contributed by atoms with Gasteiger partial charge in [-0.25, -0.2) is 0 Å². The molecule has 0 aliphatic heterocycles. The van der Waals surface area contributed by atoms with E-state index in [-0.39, 0.29) is 0 Å². The predicted molar refractivity (Wildman–Crippen MR) is 44.6 cm³/mol. The maximum absolute atomic E-state index is 5.81. The number of hydrogen-bond acceptors (Lipinski definition) is 1. The zero-order chi connectivity index (χ0) is 7.40. The standard InChI is InChI=1S/C7H8AsClN/c1-8-5-6-3-2-4-10-7(6)9/h2-4H,5H2,1H3. The summed E-state index contributed by atoms with van der Waals surface area (Å²) in [6.07, 6.45) is 1.72. The van der Waals surface area contributed by atoms with Crippen molar-refractivity contribution in [2.45, 2.75) is 10.9 Å². The number of aromatic nitrogens is 1. The molecule has 1 aromatic heterocycles. The third kappa shape index (κ3) is 2.00. The van der Waals surface area contributed by atoms with Gasteiger partial charge in [0.25, 0.3) is 0 Å². The normalized spacial score (nSPS) is 11.0. The van der Waals surface area contributed by atoms with Crippen LogP contribution >= 0.6 is 11.6 Å². The number of pyridine rings is 1. The molecule has 53 valence electrons. The van der Waals surface area contributed by atoms with E-state index < -0.39 is 0 Å². The van der Waals surface area contributed by atoms with Gasteiger partial charge in [0, 0.05) is 0 Å². The van der Waals surface area contributed by atoms with Crippen molar-refractivity contribution in [3.63, 3.8) is 0 Å². The summed E-state index contributed by atoms with van der Waals surface area (Å²) in [7, 11) is 0. The van der Waals surface area contributed by atoms with Crippen molar-refractivity contribution >= 4 is 27.4 Å². The van der Waals surface area contributed by atoms with E-state index in [1.165, 1.54) is 5.56 Å². The first kappa shape index (κ1) is 8.10. The van der Waals surface area contributed by atoms with Gasteiger partial charge in [-0.05, 0) is 0 Å². The Morgan fingerprint density at radius 1 is 1.70 bits per heavy atom. The molecule has 1 radical (unpaired) electrons. The number of hydrogen-bond donors (Lipinski definition) is 0. The van der Waals surface area contributed by atoms with Gasteiger partial charge < -0.3 is 0 Å². The van der Waals surface area contributed by atoms with Gasteiger partial charge in [-0.2, -0.15) is 0 Å². The molecule has 1 nitrogen and oxygen atoms in total. The van der Waals surface area contributed by atoms with Gasteiger partial charge in [0.1, 0.15) is 0 Å². The van der Waals surface area contributed by atoms with Crippen molar-refractivity contribution in [2.75, 3.05) is 0 Å². The monoisotopic (exact) mass is 216 g/mol. The topological polar surface area (TPSA) is 12.9 Å². The molecule has 0 aliphatic rings. The number of rotatable bonds is 2. The molecule has 1 rings (SSSR count). The summed E-state index contributed by atoms with van der Waals surface area (Å²) in [6.45, 7) is 0. The molecule has 1 heterocycles. The molecular weight excluding hydrogens is 208 g/mol. The first-order valence-corrected chi connectivity index (χ1v) is 6.57. The Labute approximate surface area is 72.5 Å². The molecule has 0 fully saturated rings. The van der Waals surface area contributed by atoms with Crippen LogP contribution in [-0.4, -0.2) is 20.7 Å². The average molecular weight is 217 g/mol. The van der Waals surface area contributed by atoms with E-state index in [1.54, 1.807) is 6.20 Å². The molecule has 0 spiro atoms. The number of nitrogens with zero attached hydrogens (tertiary/aromatic N) is 1. The Bertz CT molecular complexity index is 215. The summed E-state index contributed by atoms with van der Waals surface area (Å²) in [4.78, 5) is 3.98. The van der Waals surface area contributed by atoms with Gasteiger partial charge in [-0.3, -0.25) is 0 Å². The van der Waals surface area contributed by atoms with E-state index in [0.29, 0.717) is 20.9 Å². The van der Waals surface area contributed by atoms with Crippen molar-refractivity contribution in [3.05, 3.63) is 29.0 Å². The van der Waals surface area contributed by atoms with Crippen molar-refractivity contribution in [2.24, 2.45) is 0 Å². The van der Waals surface area contributed by atoms with Crippen molar-refractivity contribution in [1.82, 2.24) is 4.98 Å². The van der Waals surface area contributed by atoms with Gasteiger partial charge in [0.05, 0.1) is 0 Å². The fraction of sp³-hybridized carbons (Fsp3) is 0.286. The quantitative estimate of drug-likeness (QED) is 0.544. The van der Waals surface area contributed by atoms with Crippen LogP contribution in [0, 0.1) is 0 Å². The molecule has 0 saturated carbocycles. The maximum atomic E-state index is 5.81. The van der Waals surface area contributed by atoms with E-state index in [2.05, 4.69) is 10.7 Å². The Balaban J connectivity index is 2.81. The fourth-order valence-corrected chi connectivity index (χ4v) is 2.35. The molecule has 1 aromatic rings. The molecule has 3 heteroatoms. The molecule has 0 bridgehead atoms. The van der Waals surface area contributed by atoms with Gasteiger partial charge in [-0.15, -0.1) is 0 Å². The van der Waals surface area contributed by atoms with Crippen molar-refractivity contribution in [1.29, 1.82) is 0 Å². The molecule has 0 saturated heterocycles. The summed E-state index contributed by atoms with van der Waals surface area (Å²) in [6, 6.07) is 3.96. The van der Waals surface area contributed by atoms with E-state index in [0.717, 1.165) is 5.21 Å². The fourth-order valence-electron chi connectivity index (χ4n) is 0.708. The second-order valence-electron chi connectivity index (χ2n) is 1.93. The SMILES string of the molecule is C[As]Cc1cccnc1Cl. The first-order valence-electron chi connectivity index (χ1n) is 2.99. The van der Waals surface area contributed by atoms with Crippen LogP contribution in [-0.2, 0) is 5.21 Å². The van der Waals surface area contributed by atoms with Crippen LogP contribution in [0.5, 0.6) is 0 Å². The Hall–Kier alpha value is -0.00156. The Kier molecular flexibility index (Phi) is 3.24. The minimum atomic E-state index is 0.410. The van der Waals surface area contributed by atoms with Crippen LogP contribution in [0.15, 0.2) is 18.3 Å². The summed E-state index contributed by atoms with van der Waals surface area (Å²) >= 11 is 6.22. The van der Waals surface area contributed by atoms with Crippen molar-refractivity contribution < 1.29 is 0 Å². The first-order chi connectivity index (χ1) is 4.84. The van der Waals surface area contributed by atoms with Gasteiger partial charge >= 0.3 is 72.3 Å². The van der Waals surface area contributed by atoms with Crippen molar-refractivity contribution in [3.8, 4) is 0 Å². The van der Waals surface area contributed by atoms with Gasteiger partial charge in [0.2, 0.25) is 0 Å². The van der Waals surface area contributed by atoms with Crippen LogP contribution in [0.2, 0.25) is 10.9 Å². The van der Waals surface area contributed by atoms with Crippen LogP contribution in [0.25, 0.3) is 0 Å². The van der Waals surface area contributed by atoms with Gasteiger partial charge in [0.15, 0.2) is 0 Å². The summed E-state index contributed by atoms with van der Waals surface area (Å²) in [5.41, 5.74) is 3.41. The molecular formula is C7H8AsClN. The van der Waals surface area contributed by atoms with Gasteiger partial charge in [-0.1, -0.05) is 0 Å². The summed E-state index contributed by atoms with van der Waals surface area (Å²) in [5, 5.41) is 1.78. The van der Waals surface area contributed by atoms with E-state index in [4.69, 9.17) is 11.6 Å². The molecule has 0 amide bonds. The minimum absolute atomic E-state index is 0.410. The summed E-state index contributed by atoms with van der Waals surface area (Å²) < 4.78 is 0. The second-order valence-corrected chi connectivity index (χ2v) is 4.28. The van der Waals surface area contributed by atoms with E-state index in [1.807, 2.05) is 12.1 Å².